The number of urea groups is 1. The molecule has 0 saturated carbocycles. The Morgan fingerprint density at radius 1 is 1.07 bits per heavy atom. The summed E-state index contributed by atoms with van der Waals surface area (Å²) in [7, 11) is 0. The quantitative estimate of drug-likeness (QED) is 0.567. The van der Waals surface area contributed by atoms with E-state index in [1.54, 1.807) is 29.6 Å². The molecular formula is C19H17ClN4O2S. The normalized spacial score (nSPS) is 11.5. The molecule has 27 heavy (non-hydrogen) atoms. The van der Waals surface area contributed by atoms with E-state index >= 15 is 0 Å². The molecular weight excluding hydrogens is 384 g/mol. The second-order valence-corrected chi connectivity index (χ2v) is 7.03. The Morgan fingerprint density at radius 2 is 1.85 bits per heavy atom. The van der Waals surface area contributed by atoms with Gasteiger partial charge in [-0.2, -0.15) is 0 Å². The number of carbonyl (C=O) groups is 2. The largest absolute Gasteiger partial charge is 0.344 e. The van der Waals surface area contributed by atoms with Gasteiger partial charge in [0.2, 0.25) is 0 Å². The molecule has 0 aliphatic heterocycles. The lowest BCUT2D eigenvalue weighted by Gasteiger charge is -2.13. The zero-order valence-corrected chi connectivity index (χ0v) is 16.0. The standard InChI is InChI=1S/C19H17ClN4O2S/c1-12(13-6-3-2-4-7-13)21-17(25)16-11-27-19(23-16)24-18(26)22-15-9-5-8-14(20)10-15/h2-12H,1H3,(H,21,25)(H2,22,23,24,26)/t12-/m0/s1. The maximum absolute atomic E-state index is 12.3. The van der Waals surface area contributed by atoms with Gasteiger partial charge in [0.25, 0.3) is 5.91 Å². The third kappa shape index (κ3) is 5.29. The fourth-order valence-electron chi connectivity index (χ4n) is 2.36. The minimum Gasteiger partial charge on any atom is -0.344 e. The Hall–Kier alpha value is -2.90. The van der Waals surface area contributed by atoms with Crippen LogP contribution >= 0.6 is 22.9 Å². The van der Waals surface area contributed by atoms with Gasteiger partial charge in [0.1, 0.15) is 5.69 Å². The molecule has 0 fully saturated rings. The molecule has 0 bridgehead atoms. The summed E-state index contributed by atoms with van der Waals surface area (Å²) in [5.41, 5.74) is 1.81. The van der Waals surface area contributed by atoms with Crippen molar-refractivity contribution in [2.45, 2.75) is 13.0 Å². The van der Waals surface area contributed by atoms with Crippen LogP contribution in [0.15, 0.2) is 60.0 Å². The summed E-state index contributed by atoms with van der Waals surface area (Å²) in [6, 6.07) is 15.8. The summed E-state index contributed by atoms with van der Waals surface area (Å²) in [4.78, 5) is 28.5. The van der Waals surface area contributed by atoms with Crippen LogP contribution in [0.25, 0.3) is 0 Å². The Balaban J connectivity index is 1.57. The lowest BCUT2D eigenvalue weighted by molar-refractivity contribution is 0.0935. The van der Waals surface area contributed by atoms with Gasteiger partial charge in [-0.15, -0.1) is 11.3 Å². The third-order valence-electron chi connectivity index (χ3n) is 3.69. The minimum absolute atomic E-state index is 0.150. The van der Waals surface area contributed by atoms with Crippen LogP contribution in [0.5, 0.6) is 0 Å². The molecule has 0 saturated heterocycles. The van der Waals surface area contributed by atoms with Gasteiger partial charge in [-0.25, -0.2) is 9.78 Å². The van der Waals surface area contributed by atoms with E-state index in [0.717, 1.165) is 5.56 Å². The number of hydrogen-bond acceptors (Lipinski definition) is 4. The lowest BCUT2D eigenvalue weighted by atomic mass is 10.1. The number of carbonyl (C=O) groups excluding carboxylic acids is 2. The number of halogens is 1. The molecule has 0 aliphatic rings. The highest BCUT2D eigenvalue weighted by Crippen LogP contribution is 2.19. The van der Waals surface area contributed by atoms with Crippen molar-refractivity contribution in [1.29, 1.82) is 0 Å². The molecule has 3 N–H and O–H groups in total. The number of thiazole rings is 1. The summed E-state index contributed by atoms with van der Waals surface area (Å²) in [5.74, 6) is -0.300. The van der Waals surface area contributed by atoms with Gasteiger partial charge >= 0.3 is 6.03 Å². The summed E-state index contributed by atoms with van der Waals surface area (Å²) in [5, 5.41) is 10.6. The summed E-state index contributed by atoms with van der Waals surface area (Å²) >= 11 is 7.06. The van der Waals surface area contributed by atoms with Gasteiger partial charge in [0, 0.05) is 16.1 Å². The first-order valence-corrected chi connectivity index (χ1v) is 9.42. The van der Waals surface area contributed by atoms with Gasteiger partial charge in [0.15, 0.2) is 5.13 Å². The molecule has 1 atom stereocenters. The van der Waals surface area contributed by atoms with E-state index in [9.17, 15) is 9.59 Å². The molecule has 138 valence electrons. The zero-order chi connectivity index (χ0) is 19.2. The van der Waals surface area contributed by atoms with Gasteiger partial charge in [-0.3, -0.25) is 10.1 Å². The van der Waals surface area contributed by atoms with Gasteiger partial charge in [-0.1, -0.05) is 48.0 Å². The predicted octanol–water partition coefficient (Wildman–Crippen LogP) is 4.93. The van der Waals surface area contributed by atoms with Crippen LogP contribution in [0.1, 0.15) is 29.0 Å². The first kappa shape index (κ1) is 18.9. The van der Waals surface area contributed by atoms with E-state index in [-0.39, 0.29) is 17.6 Å². The number of rotatable bonds is 5. The Kier molecular flexibility index (Phi) is 6.05. The number of benzene rings is 2. The molecule has 0 aliphatic carbocycles. The van der Waals surface area contributed by atoms with Crippen LogP contribution in [0, 0.1) is 0 Å². The van der Waals surface area contributed by atoms with E-state index in [4.69, 9.17) is 11.6 Å². The van der Waals surface area contributed by atoms with Crippen LogP contribution in [0.3, 0.4) is 0 Å². The minimum atomic E-state index is -0.462. The highest BCUT2D eigenvalue weighted by molar-refractivity contribution is 7.14. The molecule has 0 spiro atoms. The Bertz CT molecular complexity index is 946. The number of hydrogen-bond donors (Lipinski definition) is 3. The molecule has 1 aromatic heterocycles. The van der Waals surface area contributed by atoms with Crippen molar-refractivity contribution < 1.29 is 9.59 Å². The van der Waals surface area contributed by atoms with E-state index < -0.39 is 6.03 Å². The molecule has 8 heteroatoms. The molecule has 1 heterocycles. The molecule has 0 unspecified atom stereocenters. The second kappa shape index (κ2) is 8.66. The molecule has 3 rings (SSSR count). The molecule has 3 aromatic rings. The Labute approximate surface area is 165 Å². The molecule has 0 radical (unpaired) electrons. The number of nitrogens with zero attached hydrogens (tertiary/aromatic N) is 1. The summed E-state index contributed by atoms with van der Waals surface area (Å²) in [6.07, 6.45) is 0. The average molecular weight is 401 g/mol. The van der Waals surface area contributed by atoms with Crippen LogP contribution in [-0.2, 0) is 0 Å². The maximum Gasteiger partial charge on any atom is 0.325 e. The van der Waals surface area contributed by atoms with E-state index in [1.807, 2.05) is 37.3 Å². The van der Waals surface area contributed by atoms with Gasteiger partial charge in [-0.05, 0) is 30.7 Å². The van der Waals surface area contributed by atoms with Crippen molar-refractivity contribution in [2.24, 2.45) is 0 Å². The molecule has 6 nitrogen and oxygen atoms in total. The highest BCUT2D eigenvalue weighted by Gasteiger charge is 2.15. The smallest absolute Gasteiger partial charge is 0.325 e. The fourth-order valence-corrected chi connectivity index (χ4v) is 3.23. The van der Waals surface area contributed by atoms with Crippen molar-refractivity contribution in [3.05, 3.63) is 76.3 Å². The molecule has 3 amide bonds. The lowest BCUT2D eigenvalue weighted by Crippen LogP contribution is -2.27. The average Bonchev–Trinajstić information content (AvgIpc) is 3.11. The number of amides is 3. The van der Waals surface area contributed by atoms with Gasteiger partial charge < -0.3 is 10.6 Å². The fraction of sp³-hybridized carbons (Fsp3) is 0.105. The van der Waals surface area contributed by atoms with Crippen molar-refractivity contribution in [3.63, 3.8) is 0 Å². The SMILES string of the molecule is C[C@H](NC(=O)c1csc(NC(=O)Nc2cccc(Cl)c2)n1)c1ccccc1. The van der Waals surface area contributed by atoms with Crippen molar-refractivity contribution in [3.8, 4) is 0 Å². The van der Waals surface area contributed by atoms with Crippen LogP contribution in [0.4, 0.5) is 15.6 Å². The summed E-state index contributed by atoms with van der Waals surface area (Å²) in [6.45, 7) is 1.90. The highest BCUT2D eigenvalue weighted by atomic mass is 35.5. The van der Waals surface area contributed by atoms with E-state index in [2.05, 4.69) is 20.9 Å². The zero-order valence-electron chi connectivity index (χ0n) is 14.4. The van der Waals surface area contributed by atoms with Gasteiger partial charge in [0.05, 0.1) is 6.04 Å². The monoisotopic (exact) mass is 400 g/mol. The number of aromatic nitrogens is 1. The first-order valence-electron chi connectivity index (χ1n) is 8.16. The number of nitrogens with one attached hydrogen (secondary N) is 3. The van der Waals surface area contributed by atoms with E-state index in [1.165, 1.54) is 11.3 Å². The van der Waals surface area contributed by atoms with Crippen LogP contribution < -0.4 is 16.0 Å². The van der Waals surface area contributed by atoms with Crippen molar-refractivity contribution in [2.75, 3.05) is 10.6 Å². The maximum atomic E-state index is 12.3. The Morgan fingerprint density at radius 3 is 2.59 bits per heavy atom. The summed E-state index contributed by atoms with van der Waals surface area (Å²) < 4.78 is 0. The van der Waals surface area contributed by atoms with Crippen molar-refractivity contribution in [1.82, 2.24) is 10.3 Å². The third-order valence-corrected chi connectivity index (χ3v) is 4.68. The predicted molar refractivity (Wildman–Crippen MR) is 109 cm³/mol. The van der Waals surface area contributed by atoms with Crippen LogP contribution in [-0.4, -0.2) is 16.9 Å². The van der Waals surface area contributed by atoms with E-state index in [0.29, 0.717) is 15.8 Å². The topological polar surface area (TPSA) is 83.1 Å². The molecule has 2 aromatic carbocycles. The van der Waals surface area contributed by atoms with Crippen LogP contribution in [0.2, 0.25) is 5.02 Å². The number of anilines is 2. The second-order valence-electron chi connectivity index (χ2n) is 5.73. The van der Waals surface area contributed by atoms with Crippen molar-refractivity contribution >= 4 is 45.7 Å². The first-order chi connectivity index (χ1) is 13.0.